The Morgan fingerprint density at radius 2 is 0.815 bits per heavy atom. The highest BCUT2D eigenvalue weighted by Gasteiger charge is 2.09. The Balaban J connectivity index is 3.77. The SMILES string of the molecule is CCCCCCCCCCC(CCCCCCCC)COCCCCCC. The number of rotatable bonds is 23. The predicted molar refractivity (Wildman–Crippen MR) is 124 cm³/mol. The van der Waals surface area contributed by atoms with E-state index in [9.17, 15) is 0 Å². The summed E-state index contributed by atoms with van der Waals surface area (Å²) in [5.74, 6) is 0.822. The molecule has 0 radical (unpaired) electrons. The lowest BCUT2D eigenvalue weighted by Gasteiger charge is -2.17. The quantitative estimate of drug-likeness (QED) is 0.160. The average molecular weight is 383 g/mol. The summed E-state index contributed by atoms with van der Waals surface area (Å²) in [5, 5.41) is 0. The summed E-state index contributed by atoms with van der Waals surface area (Å²) in [4.78, 5) is 0. The van der Waals surface area contributed by atoms with Crippen LogP contribution in [-0.4, -0.2) is 13.2 Å². The van der Waals surface area contributed by atoms with Crippen LogP contribution in [0.5, 0.6) is 0 Å². The van der Waals surface area contributed by atoms with Crippen LogP contribution in [0.3, 0.4) is 0 Å². The molecule has 0 aromatic rings. The Bertz CT molecular complexity index is 235. The molecule has 1 atom stereocenters. The lowest BCUT2D eigenvalue weighted by molar-refractivity contribution is 0.0879. The van der Waals surface area contributed by atoms with E-state index >= 15 is 0 Å². The first-order valence-electron chi connectivity index (χ1n) is 12.9. The molecular formula is C26H54O. The van der Waals surface area contributed by atoms with Crippen molar-refractivity contribution in [3.63, 3.8) is 0 Å². The molecule has 0 aromatic carbocycles. The topological polar surface area (TPSA) is 9.23 Å². The van der Waals surface area contributed by atoms with Crippen LogP contribution < -0.4 is 0 Å². The molecule has 0 spiro atoms. The Hall–Kier alpha value is -0.0400. The first-order valence-corrected chi connectivity index (χ1v) is 12.9. The summed E-state index contributed by atoms with van der Waals surface area (Å²) >= 11 is 0. The van der Waals surface area contributed by atoms with Crippen LogP contribution >= 0.6 is 0 Å². The summed E-state index contributed by atoms with van der Waals surface area (Å²) in [6.07, 6.45) is 28.1. The number of hydrogen-bond donors (Lipinski definition) is 0. The van der Waals surface area contributed by atoms with Gasteiger partial charge in [0.2, 0.25) is 0 Å². The van der Waals surface area contributed by atoms with E-state index in [1.165, 1.54) is 128 Å². The zero-order chi connectivity index (χ0) is 19.8. The van der Waals surface area contributed by atoms with Gasteiger partial charge in [0.15, 0.2) is 0 Å². The molecule has 0 heterocycles. The van der Waals surface area contributed by atoms with Crippen LogP contribution in [0, 0.1) is 5.92 Å². The fourth-order valence-electron chi connectivity index (χ4n) is 3.97. The second-order valence-corrected chi connectivity index (χ2v) is 8.82. The zero-order valence-electron chi connectivity index (χ0n) is 19.5. The minimum atomic E-state index is 0.822. The van der Waals surface area contributed by atoms with Crippen molar-refractivity contribution in [3.8, 4) is 0 Å². The third-order valence-corrected chi connectivity index (χ3v) is 5.93. The van der Waals surface area contributed by atoms with Gasteiger partial charge in [0.25, 0.3) is 0 Å². The van der Waals surface area contributed by atoms with Gasteiger partial charge in [-0.15, -0.1) is 0 Å². The highest BCUT2D eigenvalue weighted by molar-refractivity contribution is 4.61. The van der Waals surface area contributed by atoms with Gasteiger partial charge in [0.05, 0.1) is 0 Å². The first kappa shape index (κ1) is 27.0. The van der Waals surface area contributed by atoms with Crippen molar-refractivity contribution in [1.29, 1.82) is 0 Å². The van der Waals surface area contributed by atoms with Gasteiger partial charge in [-0.3, -0.25) is 0 Å². The molecule has 0 saturated carbocycles. The van der Waals surface area contributed by atoms with Crippen LogP contribution in [0.4, 0.5) is 0 Å². The molecule has 0 aromatic heterocycles. The smallest absolute Gasteiger partial charge is 0.0494 e. The van der Waals surface area contributed by atoms with Gasteiger partial charge < -0.3 is 4.74 Å². The van der Waals surface area contributed by atoms with E-state index in [4.69, 9.17) is 4.74 Å². The minimum Gasteiger partial charge on any atom is -0.381 e. The molecule has 0 amide bonds. The van der Waals surface area contributed by atoms with E-state index in [1.807, 2.05) is 0 Å². The Kier molecular flexibility index (Phi) is 24.0. The molecular weight excluding hydrogens is 328 g/mol. The number of unbranched alkanes of at least 4 members (excludes halogenated alkanes) is 15. The highest BCUT2D eigenvalue weighted by atomic mass is 16.5. The Morgan fingerprint density at radius 1 is 0.444 bits per heavy atom. The van der Waals surface area contributed by atoms with Crippen molar-refractivity contribution >= 4 is 0 Å². The summed E-state index contributed by atoms with van der Waals surface area (Å²) < 4.78 is 6.06. The summed E-state index contributed by atoms with van der Waals surface area (Å²) in [6.45, 7) is 8.90. The van der Waals surface area contributed by atoms with Crippen LogP contribution in [0.25, 0.3) is 0 Å². The van der Waals surface area contributed by atoms with Crippen LogP contribution in [0.15, 0.2) is 0 Å². The maximum absolute atomic E-state index is 6.06. The zero-order valence-corrected chi connectivity index (χ0v) is 19.5. The van der Waals surface area contributed by atoms with E-state index < -0.39 is 0 Å². The Morgan fingerprint density at radius 3 is 1.26 bits per heavy atom. The van der Waals surface area contributed by atoms with Gasteiger partial charge >= 0.3 is 0 Å². The van der Waals surface area contributed by atoms with Crippen molar-refractivity contribution in [2.24, 2.45) is 5.92 Å². The van der Waals surface area contributed by atoms with Gasteiger partial charge in [-0.2, -0.15) is 0 Å². The Labute approximate surface area is 173 Å². The molecule has 0 fully saturated rings. The molecule has 0 N–H and O–H groups in total. The molecule has 0 aliphatic carbocycles. The van der Waals surface area contributed by atoms with Gasteiger partial charge in [0, 0.05) is 13.2 Å². The van der Waals surface area contributed by atoms with Crippen LogP contribution in [0.1, 0.15) is 149 Å². The molecule has 27 heavy (non-hydrogen) atoms. The van der Waals surface area contributed by atoms with Crippen molar-refractivity contribution in [2.75, 3.05) is 13.2 Å². The molecule has 1 unspecified atom stereocenters. The molecule has 1 nitrogen and oxygen atoms in total. The third kappa shape index (κ3) is 22.1. The molecule has 0 aliphatic rings. The van der Waals surface area contributed by atoms with E-state index in [0.717, 1.165) is 19.1 Å². The molecule has 0 bridgehead atoms. The van der Waals surface area contributed by atoms with Crippen molar-refractivity contribution in [1.82, 2.24) is 0 Å². The lowest BCUT2D eigenvalue weighted by atomic mass is 9.94. The normalized spacial score (nSPS) is 12.6. The molecule has 0 aliphatic heterocycles. The first-order chi connectivity index (χ1) is 13.3. The fraction of sp³-hybridized carbons (Fsp3) is 1.00. The summed E-state index contributed by atoms with van der Waals surface area (Å²) in [6, 6.07) is 0. The van der Waals surface area contributed by atoms with E-state index in [-0.39, 0.29) is 0 Å². The monoisotopic (exact) mass is 382 g/mol. The van der Waals surface area contributed by atoms with Crippen LogP contribution in [-0.2, 0) is 4.74 Å². The second-order valence-electron chi connectivity index (χ2n) is 8.82. The fourth-order valence-corrected chi connectivity index (χ4v) is 3.97. The highest BCUT2D eigenvalue weighted by Crippen LogP contribution is 2.20. The van der Waals surface area contributed by atoms with E-state index in [1.54, 1.807) is 0 Å². The van der Waals surface area contributed by atoms with Crippen LogP contribution in [0.2, 0.25) is 0 Å². The minimum absolute atomic E-state index is 0.822. The summed E-state index contributed by atoms with van der Waals surface area (Å²) in [5.41, 5.74) is 0. The maximum Gasteiger partial charge on any atom is 0.0494 e. The predicted octanol–water partition coefficient (Wildman–Crippen LogP) is 9.48. The average Bonchev–Trinajstić information content (AvgIpc) is 2.68. The van der Waals surface area contributed by atoms with E-state index in [2.05, 4.69) is 20.8 Å². The molecule has 1 heteroatoms. The lowest BCUT2D eigenvalue weighted by Crippen LogP contribution is -2.11. The molecule has 0 saturated heterocycles. The van der Waals surface area contributed by atoms with Gasteiger partial charge in [-0.25, -0.2) is 0 Å². The largest absolute Gasteiger partial charge is 0.381 e. The van der Waals surface area contributed by atoms with Gasteiger partial charge in [-0.1, -0.05) is 130 Å². The summed E-state index contributed by atoms with van der Waals surface area (Å²) in [7, 11) is 0. The van der Waals surface area contributed by atoms with Crippen molar-refractivity contribution < 1.29 is 4.74 Å². The number of ether oxygens (including phenoxy) is 1. The standard InChI is InChI=1S/C26H54O/c1-4-7-10-13-15-16-18-20-23-26(22-19-17-14-11-8-5-2)25-27-24-21-12-9-6-3/h26H,4-25H2,1-3H3. The third-order valence-electron chi connectivity index (χ3n) is 5.93. The maximum atomic E-state index is 6.06. The number of hydrogen-bond acceptors (Lipinski definition) is 1. The van der Waals surface area contributed by atoms with Crippen molar-refractivity contribution in [2.45, 2.75) is 149 Å². The molecule has 0 rings (SSSR count). The van der Waals surface area contributed by atoms with Gasteiger partial charge in [0.1, 0.15) is 0 Å². The van der Waals surface area contributed by atoms with Gasteiger partial charge in [-0.05, 0) is 25.2 Å². The molecule has 164 valence electrons. The second kappa shape index (κ2) is 24.0. The van der Waals surface area contributed by atoms with E-state index in [0.29, 0.717) is 0 Å². The van der Waals surface area contributed by atoms with Crippen molar-refractivity contribution in [3.05, 3.63) is 0 Å².